The van der Waals surface area contributed by atoms with Crippen molar-refractivity contribution in [2.75, 3.05) is 13.2 Å². The van der Waals surface area contributed by atoms with E-state index in [4.69, 9.17) is 37.4 Å². The van der Waals surface area contributed by atoms with Crippen molar-refractivity contribution in [3.8, 4) is 0 Å². The number of esters is 2. The molecule has 44 heavy (non-hydrogen) atoms. The molecule has 12 nitrogen and oxygen atoms in total. The molecule has 2 aromatic rings. The molecule has 3 atom stereocenters. The topological polar surface area (TPSA) is 166 Å². The summed E-state index contributed by atoms with van der Waals surface area (Å²) in [6.45, 7) is 5.50. The summed E-state index contributed by atoms with van der Waals surface area (Å²) < 4.78 is 15.1. The molecule has 0 bridgehead atoms. The van der Waals surface area contributed by atoms with Gasteiger partial charge >= 0.3 is 18.0 Å². The lowest BCUT2D eigenvalue weighted by molar-refractivity contribution is -0.146. The van der Waals surface area contributed by atoms with Crippen LogP contribution in [-0.2, 0) is 40.0 Å². The zero-order valence-electron chi connectivity index (χ0n) is 24.7. The predicted molar refractivity (Wildman–Crippen MR) is 161 cm³/mol. The van der Waals surface area contributed by atoms with Crippen LogP contribution in [0.15, 0.2) is 48.5 Å². The second kappa shape index (κ2) is 17.8. The lowest BCUT2D eigenvalue weighted by Crippen LogP contribution is -2.56. The summed E-state index contributed by atoms with van der Waals surface area (Å²) in [6, 6.07) is 9.60. The van der Waals surface area contributed by atoms with E-state index in [1.165, 1.54) is 25.1 Å². The van der Waals surface area contributed by atoms with Gasteiger partial charge in [0.1, 0.15) is 24.7 Å². The smallest absolute Gasteiger partial charge is 0.408 e. The van der Waals surface area contributed by atoms with Crippen LogP contribution in [0.1, 0.15) is 50.0 Å². The number of benzene rings is 2. The second-order valence-electron chi connectivity index (χ2n) is 9.87. The van der Waals surface area contributed by atoms with E-state index < -0.39 is 66.8 Å². The Morgan fingerprint density at radius 1 is 0.773 bits per heavy atom. The number of amides is 3. The van der Waals surface area contributed by atoms with E-state index in [9.17, 15) is 28.8 Å². The molecule has 0 aliphatic rings. The highest BCUT2D eigenvalue weighted by Gasteiger charge is 2.31. The van der Waals surface area contributed by atoms with Crippen LogP contribution >= 0.6 is 23.2 Å². The van der Waals surface area contributed by atoms with Gasteiger partial charge in [-0.25, -0.2) is 9.59 Å². The first-order chi connectivity index (χ1) is 20.8. The molecule has 0 aliphatic carbocycles. The molecule has 238 valence electrons. The fourth-order valence-corrected chi connectivity index (χ4v) is 4.28. The molecule has 0 saturated heterocycles. The normalized spacial score (nSPS) is 12.7. The van der Waals surface area contributed by atoms with E-state index >= 15 is 0 Å². The number of ketones is 1. The highest BCUT2D eigenvalue weighted by molar-refractivity contribution is 6.39. The average Bonchev–Trinajstić information content (AvgIpc) is 2.97. The summed E-state index contributed by atoms with van der Waals surface area (Å²) in [7, 11) is 0. The van der Waals surface area contributed by atoms with Gasteiger partial charge in [-0.15, -0.1) is 0 Å². The first kappa shape index (κ1) is 36.0. The summed E-state index contributed by atoms with van der Waals surface area (Å²) in [4.78, 5) is 75.9. The fraction of sp³-hybridized carbons (Fsp3) is 0.400. The van der Waals surface area contributed by atoms with Crippen molar-refractivity contribution in [1.82, 2.24) is 16.0 Å². The van der Waals surface area contributed by atoms with Gasteiger partial charge in [-0.1, -0.05) is 73.4 Å². The average molecular weight is 653 g/mol. The molecule has 0 aromatic heterocycles. The van der Waals surface area contributed by atoms with E-state index in [1.54, 1.807) is 45.0 Å². The third-order valence-corrected chi connectivity index (χ3v) is 6.71. The Labute approximate surface area is 265 Å². The first-order valence-corrected chi connectivity index (χ1v) is 14.5. The quantitative estimate of drug-likeness (QED) is 0.192. The summed E-state index contributed by atoms with van der Waals surface area (Å²) in [5, 5.41) is 7.38. The third-order valence-electron chi connectivity index (χ3n) is 6.08. The maximum atomic E-state index is 13.0. The number of alkyl carbamates (subject to hydrolysis) is 1. The van der Waals surface area contributed by atoms with E-state index in [0.717, 1.165) is 5.56 Å². The molecular formula is C30H35Cl2N3O9. The van der Waals surface area contributed by atoms with Crippen LogP contribution in [0.5, 0.6) is 0 Å². The number of carbonyl (C=O) groups is 6. The van der Waals surface area contributed by atoms with Crippen molar-refractivity contribution in [3.05, 3.63) is 69.7 Å². The number of hydrogen-bond acceptors (Lipinski definition) is 9. The number of halogens is 2. The van der Waals surface area contributed by atoms with Crippen molar-refractivity contribution in [2.45, 2.75) is 58.8 Å². The molecule has 0 spiro atoms. The van der Waals surface area contributed by atoms with E-state index in [0.29, 0.717) is 0 Å². The van der Waals surface area contributed by atoms with Crippen molar-refractivity contribution >= 4 is 58.8 Å². The zero-order chi connectivity index (χ0) is 32.8. The van der Waals surface area contributed by atoms with Gasteiger partial charge in [0, 0.05) is 0 Å². The molecule has 14 heteroatoms. The van der Waals surface area contributed by atoms with Crippen molar-refractivity contribution in [3.63, 3.8) is 0 Å². The standard InChI is InChI=1S/C30H35Cl2N3O9/c1-5-42-24(37)14-22(23(36)16-43-29(40)25-20(31)12-9-13-21(25)32)34-27(38)18(4)33-28(39)26(17(2)3)35-30(41)44-15-19-10-7-6-8-11-19/h6-13,17-18,22,26H,5,14-16H2,1-4H3,(H,33,39)(H,34,38)(H,35,41). The number of nitrogens with one attached hydrogen (secondary N) is 3. The van der Waals surface area contributed by atoms with Crippen LogP contribution < -0.4 is 16.0 Å². The van der Waals surface area contributed by atoms with Gasteiger partial charge < -0.3 is 30.2 Å². The van der Waals surface area contributed by atoms with Gasteiger partial charge in [0.25, 0.3) is 0 Å². The Balaban J connectivity index is 2.02. The van der Waals surface area contributed by atoms with Crippen LogP contribution in [0.2, 0.25) is 10.0 Å². The number of carbonyl (C=O) groups excluding carboxylic acids is 6. The maximum Gasteiger partial charge on any atom is 0.408 e. The third kappa shape index (κ3) is 11.5. The Morgan fingerprint density at radius 2 is 1.41 bits per heavy atom. The van der Waals surface area contributed by atoms with E-state index in [2.05, 4.69) is 16.0 Å². The lowest BCUT2D eigenvalue weighted by atomic mass is 10.0. The Hall–Kier alpha value is -4.16. The maximum absolute atomic E-state index is 13.0. The summed E-state index contributed by atoms with van der Waals surface area (Å²) in [6.07, 6.45) is -1.39. The molecule has 0 aliphatic heterocycles. The van der Waals surface area contributed by atoms with Crippen LogP contribution in [0.25, 0.3) is 0 Å². The Bertz CT molecular complexity index is 1320. The molecule has 3 amide bonds. The number of Topliss-reactive ketones (excluding diaryl/α,β-unsaturated/α-hetero) is 1. The van der Waals surface area contributed by atoms with E-state index in [1.807, 2.05) is 6.07 Å². The second-order valence-corrected chi connectivity index (χ2v) is 10.7. The Kier molecular flexibility index (Phi) is 14.6. The van der Waals surface area contributed by atoms with Crippen molar-refractivity contribution in [2.24, 2.45) is 5.92 Å². The number of ether oxygens (including phenoxy) is 3. The minimum Gasteiger partial charge on any atom is -0.466 e. The summed E-state index contributed by atoms with van der Waals surface area (Å²) in [5.41, 5.74) is 0.607. The van der Waals surface area contributed by atoms with Gasteiger partial charge in [0.05, 0.1) is 28.6 Å². The van der Waals surface area contributed by atoms with Gasteiger partial charge in [-0.3, -0.25) is 19.2 Å². The largest absolute Gasteiger partial charge is 0.466 e. The van der Waals surface area contributed by atoms with Gasteiger partial charge in [-0.2, -0.15) is 0 Å². The molecule has 2 aromatic carbocycles. The molecule has 2 rings (SSSR count). The van der Waals surface area contributed by atoms with Gasteiger partial charge in [0.15, 0.2) is 12.4 Å². The van der Waals surface area contributed by atoms with Crippen LogP contribution in [-0.4, -0.2) is 67.0 Å². The molecule has 0 heterocycles. The molecule has 0 radical (unpaired) electrons. The van der Waals surface area contributed by atoms with Crippen LogP contribution in [0.3, 0.4) is 0 Å². The zero-order valence-corrected chi connectivity index (χ0v) is 26.2. The van der Waals surface area contributed by atoms with Gasteiger partial charge in [0.2, 0.25) is 11.8 Å². The molecule has 0 fully saturated rings. The molecular weight excluding hydrogens is 617 g/mol. The monoisotopic (exact) mass is 651 g/mol. The van der Waals surface area contributed by atoms with Crippen molar-refractivity contribution in [1.29, 1.82) is 0 Å². The first-order valence-electron chi connectivity index (χ1n) is 13.7. The molecule has 0 saturated carbocycles. The highest BCUT2D eigenvalue weighted by Crippen LogP contribution is 2.25. The summed E-state index contributed by atoms with van der Waals surface area (Å²) >= 11 is 12.0. The van der Waals surface area contributed by atoms with Crippen LogP contribution in [0, 0.1) is 5.92 Å². The van der Waals surface area contributed by atoms with Crippen LogP contribution in [0.4, 0.5) is 4.79 Å². The summed E-state index contributed by atoms with van der Waals surface area (Å²) in [5.74, 6) is -4.49. The highest BCUT2D eigenvalue weighted by atomic mass is 35.5. The predicted octanol–water partition coefficient (Wildman–Crippen LogP) is 3.61. The fourth-order valence-electron chi connectivity index (χ4n) is 3.73. The SMILES string of the molecule is CCOC(=O)CC(NC(=O)C(C)NC(=O)C(NC(=O)OCc1ccccc1)C(C)C)C(=O)COC(=O)c1c(Cl)cccc1Cl. The minimum atomic E-state index is -1.46. The Morgan fingerprint density at radius 3 is 2.00 bits per heavy atom. The number of hydrogen-bond donors (Lipinski definition) is 3. The van der Waals surface area contributed by atoms with Crippen molar-refractivity contribution < 1.29 is 43.0 Å². The van der Waals surface area contributed by atoms with E-state index in [-0.39, 0.29) is 34.7 Å². The molecule has 3 N–H and O–H groups in total. The molecule has 3 unspecified atom stereocenters. The van der Waals surface area contributed by atoms with Gasteiger partial charge in [-0.05, 0) is 37.5 Å². The number of rotatable bonds is 15. The lowest BCUT2D eigenvalue weighted by Gasteiger charge is -2.24. The minimum absolute atomic E-state index is 0.00542.